The minimum Gasteiger partial charge on any atom is -0.366 e. The van der Waals surface area contributed by atoms with E-state index in [4.69, 9.17) is 4.98 Å². The summed E-state index contributed by atoms with van der Waals surface area (Å²) in [6.07, 6.45) is 10.4. The summed E-state index contributed by atoms with van der Waals surface area (Å²) in [7, 11) is 0. The predicted molar refractivity (Wildman–Crippen MR) is 88.9 cm³/mol. The van der Waals surface area contributed by atoms with Crippen LogP contribution < -0.4 is 10.2 Å². The van der Waals surface area contributed by atoms with Crippen LogP contribution in [0.3, 0.4) is 0 Å². The molecule has 0 aromatic carbocycles. The van der Waals surface area contributed by atoms with Crippen LogP contribution in [0.1, 0.15) is 38.2 Å². The molecule has 2 aromatic heterocycles. The molecule has 3 heterocycles. The highest BCUT2D eigenvalue weighted by atomic mass is 15.3. The minimum absolute atomic E-state index is 0.572. The Kier molecular flexibility index (Phi) is 4.83. The molecule has 0 amide bonds. The van der Waals surface area contributed by atoms with Gasteiger partial charge in [-0.05, 0) is 43.4 Å². The summed E-state index contributed by atoms with van der Waals surface area (Å²) < 4.78 is 0. The summed E-state index contributed by atoms with van der Waals surface area (Å²) >= 11 is 0. The molecule has 1 aliphatic rings. The smallest absolute Gasteiger partial charge is 0.227 e. The van der Waals surface area contributed by atoms with Crippen LogP contribution in [0.15, 0.2) is 36.8 Å². The normalized spacial score (nSPS) is 18.2. The van der Waals surface area contributed by atoms with Crippen molar-refractivity contribution >= 4 is 11.8 Å². The first-order valence-electron chi connectivity index (χ1n) is 8.09. The van der Waals surface area contributed by atoms with Crippen molar-refractivity contribution in [3.8, 4) is 0 Å². The van der Waals surface area contributed by atoms with Crippen LogP contribution in [-0.2, 0) is 6.54 Å². The van der Waals surface area contributed by atoms with Crippen LogP contribution in [-0.4, -0.2) is 27.5 Å². The molecule has 0 spiro atoms. The number of nitrogens with zero attached hydrogens (tertiary/aromatic N) is 4. The van der Waals surface area contributed by atoms with Crippen LogP contribution in [0.2, 0.25) is 0 Å². The zero-order valence-corrected chi connectivity index (χ0v) is 13.1. The number of pyridine rings is 1. The third kappa shape index (κ3) is 3.53. The van der Waals surface area contributed by atoms with Crippen molar-refractivity contribution < 1.29 is 0 Å². The molecule has 0 aliphatic carbocycles. The van der Waals surface area contributed by atoms with E-state index in [0.29, 0.717) is 6.04 Å². The van der Waals surface area contributed by atoms with Crippen molar-refractivity contribution in [2.75, 3.05) is 16.8 Å². The van der Waals surface area contributed by atoms with Crippen molar-refractivity contribution in [1.29, 1.82) is 0 Å². The molecule has 0 saturated carbocycles. The molecule has 1 unspecified atom stereocenters. The largest absolute Gasteiger partial charge is 0.366 e. The number of aromatic nitrogens is 3. The van der Waals surface area contributed by atoms with Gasteiger partial charge in [-0.3, -0.25) is 4.98 Å². The molecule has 5 nitrogen and oxygen atoms in total. The summed E-state index contributed by atoms with van der Waals surface area (Å²) in [5.74, 6) is 1.72. The highest BCUT2D eigenvalue weighted by Crippen LogP contribution is 2.24. The van der Waals surface area contributed by atoms with Crippen LogP contribution in [0.4, 0.5) is 11.8 Å². The number of rotatable bonds is 5. The van der Waals surface area contributed by atoms with Crippen molar-refractivity contribution in [3.05, 3.63) is 42.4 Å². The number of nitrogens with one attached hydrogen (secondary N) is 1. The van der Waals surface area contributed by atoms with Crippen molar-refractivity contribution in [2.45, 2.75) is 45.2 Å². The Morgan fingerprint density at radius 1 is 1.27 bits per heavy atom. The van der Waals surface area contributed by atoms with Gasteiger partial charge in [-0.15, -0.1) is 0 Å². The molecule has 1 atom stereocenters. The second-order valence-corrected chi connectivity index (χ2v) is 5.71. The maximum Gasteiger partial charge on any atom is 0.227 e. The fourth-order valence-electron chi connectivity index (χ4n) is 2.97. The van der Waals surface area contributed by atoms with E-state index in [1.165, 1.54) is 19.3 Å². The van der Waals surface area contributed by atoms with Crippen LogP contribution in [0.25, 0.3) is 0 Å². The summed E-state index contributed by atoms with van der Waals surface area (Å²) in [5, 5.41) is 3.36. The first kappa shape index (κ1) is 14.8. The number of piperidine rings is 1. The molecule has 1 aliphatic heterocycles. The third-order valence-electron chi connectivity index (χ3n) is 4.19. The van der Waals surface area contributed by atoms with E-state index in [0.717, 1.165) is 36.8 Å². The lowest BCUT2D eigenvalue weighted by molar-refractivity contribution is 0.443. The molecular formula is C17H23N5. The Labute approximate surface area is 131 Å². The average molecular weight is 297 g/mol. The number of hydrogen-bond acceptors (Lipinski definition) is 5. The molecule has 22 heavy (non-hydrogen) atoms. The van der Waals surface area contributed by atoms with Gasteiger partial charge in [0, 0.05) is 37.7 Å². The van der Waals surface area contributed by atoms with Crippen molar-refractivity contribution in [3.63, 3.8) is 0 Å². The van der Waals surface area contributed by atoms with E-state index >= 15 is 0 Å². The SMILES string of the molecule is CCC1CCCCN1c1nccc(NCc2cccnc2)n1. The van der Waals surface area contributed by atoms with Gasteiger partial charge in [-0.25, -0.2) is 4.98 Å². The maximum atomic E-state index is 4.69. The lowest BCUT2D eigenvalue weighted by Crippen LogP contribution is -2.40. The Balaban J connectivity index is 1.69. The monoisotopic (exact) mass is 297 g/mol. The van der Waals surface area contributed by atoms with E-state index in [1.807, 2.05) is 24.5 Å². The van der Waals surface area contributed by atoms with E-state index in [2.05, 4.69) is 33.2 Å². The predicted octanol–water partition coefficient (Wildman–Crippen LogP) is 3.25. The Morgan fingerprint density at radius 2 is 2.23 bits per heavy atom. The first-order valence-corrected chi connectivity index (χ1v) is 8.09. The van der Waals surface area contributed by atoms with Gasteiger partial charge in [0.15, 0.2) is 0 Å². The van der Waals surface area contributed by atoms with E-state index < -0.39 is 0 Å². The van der Waals surface area contributed by atoms with E-state index in [1.54, 1.807) is 6.20 Å². The van der Waals surface area contributed by atoms with Gasteiger partial charge in [0.2, 0.25) is 5.95 Å². The zero-order chi connectivity index (χ0) is 15.2. The molecule has 2 aromatic rings. The Hall–Kier alpha value is -2.17. The number of anilines is 2. The van der Waals surface area contributed by atoms with Gasteiger partial charge < -0.3 is 10.2 Å². The zero-order valence-electron chi connectivity index (χ0n) is 13.1. The van der Waals surface area contributed by atoms with Crippen LogP contribution >= 0.6 is 0 Å². The number of hydrogen-bond donors (Lipinski definition) is 1. The fraction of sp³-hybridized carbons (Fsp3) is 0.471. The van der Waals surface area contributed by atoms with Crippen molar-refractivity contribution in [1.82, 2.24) is 15.0 Å². The van der Waals surface area contributed by atoms with Gasteiger partial charge in [-0.1, -0.05) is 13.0 Å². The Morgan fingerprint density at radius 3 is 3.05 bits per heavy atom. The molecule has 116 valence electrons. The molecule has 1 saturated heterocycles. The average Bonchev–Trinajstić information content (AvgIpc) is 2.61. The highest BCUT2D eigenvalue weighted by Gasteiger charge is 2.23. The summed E-state index contributed by atoms with van der Waals surface area (Å²) in [6, 6.07) is 6.49. The first-order chi connectivity index (χ1) is 10.9. The van der Waals surface area contributed by atoms with E-state index in [-0.39, 0.29) is 0 Å². The van der Waals surface area contributed by atoms with Gasteiger partial charge in [0.05, 0.1) is 0 Å². The molecule has 1 N–H and O–H groups in total. The summed E-state index contributed by atoms with van der Waals surface area (Å²) in [6.45, 7) is 4.03. The quantitative estimate of drug-likeness (QED) is 0.918. The minimum atomic E-state index is 0.572. The Bertz CT molecular complexity index is 587. The van der Waals surface area contributed by atoms with Gasteiger partial charge >= 0.3 is 0 Å². The second kappa shape index (κ2) is 7.20. The molecule has 0 bridgehead atoms. The molecule has 5 heteroatoms. The molecule has 0 radical (unpaired) electrons. The standard InChI is InChI=1S/C17H23N5/c1-2-15-7-3-4-11-22(15)17-19-10-8-16(21-17)20-13-14-6-5-9-18-12-14/h5-6,8-10,12,15H,2-4,7,11,13H2,1H3,(H,19,20,21). The molecule has 1 fully saturated rings. The third-order valence-corrected chi connectivity index (χ3v) is 4.19. The second-order valence-electron chi connectivity index (χ2n) is 5.71. The van der Waals surface area contributed by atoms with Gasteiger partial charge in [0.1, 0.15) is 5.82 Å². The van der Waals surface area contributed by atoms with Crippen LogP contribution in [0, 0.1) is 0 Å². The molecule has 3 rings (SSSR count). The topological polar surface area (TPSA) is 53.9 Å². The fourth-order valence-corrected chi connectivity index (χ4v) is 2.97. The van der Waals surface area contributed by atoms with E-state index in [9.17, 15) is 0 Å². The van der Waals surface area contributed by atoms with Crippen LogP contribution in [0.5, 0.6) is 0 Å². The lowest BCUT2D eigenvalue weighted by Gasteiger charge is -2.35. The van der Waals surface area contributed by atoms with Gasteiger partial charge in [0.25, 0.3) is 0 Å². The maximum absolute atomic E-state index is 4.69. The van der Waals surface area contributed by atoms with Crippen molar-refractivity contribution in [2.24, 2.45) is 0 Å². The lowest BCUT2D eigenvalue weighted by atomic mass is 10.0. The van der Waals surface area contributed by atoms with Gasteiger partial charge in [-0.2, -0.15) is 4.98 Å². The summed E-state index contributed by atoms with van der Waals surface area (Å²) in [5.41, 5.74) is 1.15. The summed E-state index contributed by atoms with van der Waals surface area (Å²) in [4.78, 5) is 15.7. The highest BCUT2D eigenvalue weighted by molar-refractivity contribution is 5.42. The molecular weight excluding hydrogens is 274 g/mol.